The first kappa shape index (κ1) is 16.1. The summed E-state index contributed by atoms with van der Waals surface area (Å²) in [5, 5.41) is 10.7. The molecule has 2 heterocycles. The quantitative estimate of drug-likeness (QED) is 0.889. The standard InChI is InChI=1S/C17H24N2O4/c1-17(22)7-3-2-5-12(17)13-6-4-8-19(13)16(21)11-9-14(15(18)20)23-10-11/h9-10,12-13,22H,2-8H2,1H3,(H2,18,20)/t12-,13-,17+/m1/s1. The van der Waals surface area contributed by atoms with Gasteiger partial charge in [-0.3, -0.25) is 9.59 Å². The number of hydrogen-bond acceptors (Lipinski definition) is 4. The number of likely N-dealkylation sites (tertiary alicyclic amines) is 1. The minimum atomic E-state index is -0.722. The topological polar surface area (TPSA) is 96.8 Å². The van der Waals surface area contributed by atoms with Gasteiger partial charge in [-0.15, -0.1) is 0 Å². The van der Waals surface area contributed by atoms with Crippen LogP contribution in [0.25, 0.3) is 0 Å². The summed E-state index contributed by atoms with van der Waals surface area (Å²) < 4.78 is 5.06. The SMILES string of the molecule is C[C@]1(O)CCCC[C@@H]1[C@H]1CCCN1C(=O)c1coc(C(N)=O)c1. The lowest BCUT2D eigenvalue weighted by molar-refractivity contribution is -0.0577. The Balaban J connectivity index is 1.80. The first-order chi connectivity index (χ1) is 10.9. The third kappa shape index (κ3) is 3.00. The molecule has 2 aliphatic rings. The molecule has 2 amide bonds. The molecule has 3 N–H and O–H groups in total. The Morgan fingerprint density at radius 2 is 2.13 bits per heavy atom. The van der Waals surface area contributed by atoms with Crippen molar-refractivity contribution >= 4 is 11.8 Å². The Kier molecular flexibility index (Phi) is 4.19. The maximum absolute atomic E-state index is 12.8. The highest BCUT2D eigenvalue weighted by atomic mass is 16.3. The van der Waals surface area contributed by atoms with Gasteiger partial charge in [0, 0.05) is 24.6 Å². The number of carbonyl (C=O) groups is 2. The van der Waals surface area contributed by atoms with E-state index in [0.717, 1.165) is 38.5 Å². The van der Waals surface area contributed by atoms with E-state index in [1.54, 1.807) is 0 Å². The minimum absolute atomic E-state index is 0.00578. The lowest BCUT2D eigenvalue weighted by Crippen LogP contribution is -2.50. The first-order valence-electron chi connectivity index (χ1n) is 8.32. The molecule has 1 aliphatic heterocycles. The second-order valence-corrected chi connectivity index (χ2v) is 6.98. The van der Waals surface area contributed by atoms with Crippen molar-refractivity contribution in [3.8, 4) is 0 Å². The second kappa shape index (κ2) is 6.00. The number of primary amides is 1. The molecule has 0 radical (unpaired) electrons. The van der Waals surface area contributed by atoms with Gasteiger partial charge in [-0.1, -0.05) is 12.8 Å². The first-order valence-corrected chi connectivity index (χ1v) is 8.32. The molecule has 1 saturated heterocycles. The summed E-state index contributed by atoms with van der Waals surface area (Å²) >= 11 is 0. The summed E-state index contributed by atoms with van der Waals surface area (Å²) in [6, 6.07) is 1.45. The highest BCUT2D eigenvalue weighted by Crippen LogP contribution is 2.41. The van der Waals surface area contributed by atoms with Gasteiger partial charge in [0.15, 0.2) is 5.76 Å². The van der Waals surface area contributed by atoms with Gasteiger partial charge in [0.05, 0.1) is 11.2 Å². The van der Waals surface area contributed by atoms with Crippen LogP contribution in [0.1, 0.15) is 66.4 Å². The van der Waals surface area contributed by atoms with E-state index in [4.69, 9.17) is 10.2 Å². The van der Waals surface area contributed by atoms with Crippen molar-refractivity contribution in [3.63, 3.8) is 0 Å². The fraction of sp³-hybridized carbons (Fsp3) is 0.647. The van der Waals surface area contributed by atoms with Gasteiger partial charge in [-0.25, -0.2) is 0 Å². The van der Waals surface area contributed by atoms with E-state index in [9.17, 15) is 14.7 Å². The van der Waals surface area contributed by atoms with Crippen LogP contribution >= 0.6 is 0 Å². The van der Waals surface area contributed by atoms with Gasteiger partial charge in [0.2, 0.25) is 0 Å². The van der Waals surface area contributed by atoms with Crippen LogP contribution in [0, 0.1) is 5.92 Å². The predicted molar refractivity (Wildman–Crippen MR) is 83.9 cm³/mol. The van der Waals surface area contributed by atoms with Crippen molar-refractivity contribution < 1.29 is 19.1 Å². The zero-order valence-corrected chi connectivity index (χ0v) is 13.5. The van der Waals surface area contributed by atoms with Crippen LogP contribution in [-0.2, 0) is 0 Å². The van der Waals surface area contributed by atoms with Crippen molar-refractivity contribution in [1.29, 1.82) is 0 Å². The molecule has 0 aromatic carbocycles. The zero-order chi connectivity index (χ0) is 16.6. The van der Waals surface area contributed by atoms with E-state index >= 15 is 0 Å². The summed E-state index contributed by atoms with van der Waals surface area (Å²) in [7, 11) is 0. The van der Waals surface area contributed by atoms with Gasteiger partial charge in [0.1, 0.15) is 6.26 Å². The summed E-state index contributed by atoms with van der Waals surface area (Å²) in [5.41, 5.74) is 4.80. The monoisotopic (exact) mass is 320 g/mol. The summed E-state index contributed by atoms with van der Waals surface area (Å²) in [6.07, 6.45) is 6.99. The lowest BCUT2D eigenvalue weighted by atomic mass is 9.72. The number of amides is 2. The number of aliphatic hydroxyl groups is 1. The van der Waals surface area contributed by atoms with E-state index in [-0.39, 0.29) is 23.6 Å². The van der Waals surface area contributed by atoms with Crippen LogP contribution in [0.2, 0.25) is 0 Å². The molecule has 0 spiro atoms. The normalized spacial score (nSPS) is 31.3. The van der Waals surface area contributed by atoms with Gasteiger partial charge < -0.3 is 20.2 Å². The molecule has 6 nitrogen and oxygen atoms in total. The van der Waals surface area contributed by atoms with Crippen LogP contribution in [0.5, 0.6) is 0 Å². The molecule has 3 rings (SSSR count). The average Bonchev–Trinajstić information content (AvgIpc) is 3.15. The Morgan fingerprint density at radius 1 is 1.35 bits per heavy atom. The number of nitrogens with zero attached hydrogens (tertiary/aromatic N) is 1. The fourth-order valence-corrected chi connectivity index (χ4v) is 4.16. The molecule has 1 aromatic rings. The molecule has 1 saturated carbocycles. The van der Waals surface area contributed by atoms with Crippen molar-refractivity contribution in [2.45, 2.75) is 57.1 Å². The van der Waals surface area contributed by atoms with Crippen LogP contribution < -0.4 is 5.73 Å². The molecule has 23 heavy (non-hydrogen) atoms. The van der Waals surface area contributed by atoms with E-state index in [2.05, 4.69) is 0 Å². The molecule has 6 heteroatoms. The summed E-state index contributed by atoms with van der Waals surface area (Å²) in [6.45, 7) is 2.56. The maximum atomic E-state index is 12.8. The average molecular weight is 320 g/mol. The van der Waals surface area contributed by atoms with Crippen molar-refractivity contribution in [1.82, 2.24) is 4.90 Å². The lowest BCUT2D eigenvalue weighted by Gasteiger charge is -2.43. The molecule has 3 atom stereocenters. The number of carbonyl (C=O) groups excluding carboxylic acids is 2. The highest BCUT2D eigenvalue weighted by molar-refractivity contribution is 5.98. The molecule has 0 unspecified atom stereocenters. The Morgan fingerprint density at radius 3 is 2.78 bits per heavy atom. The molecule has 126 valence electrons. The van der Waals surface area contributed by atoms with Crippen LogP contribution in [0.3, 0.4) is 0 Å². The number of rotatable bonds is 3. The molecular formula is C17H24N2O4. The fourth-order valence-electron chi connectivity index (χ4n) is 4.16. The van der Waals surface area contributed by atoms with E-state index in [1.165, 1.54) is 12.3 Å². The number of furan rings is 1. The molecule has 1 aliphatic carbocycles. The van der Waals surface area contributed by atoms with Gasteiger partial charge in [-0.05, 0) is 32.6 Å². The molecule has 0 bridgehead atoms. The van der Waals surface area contributed by atoms with Crippen LogP contribution in [0.15, 0.2) is 16.7 Å². The third-order valence-corrected chi connectivity index (χ3v) is 5.36. The van der Waals surface area contributed by atoms with Crippen LogP contribution in [-0.4, -0.2) is 40.0 Å². The van der Waals surface area contributed by atoms with Crippen LogP contribution in [0.4, 0.5) is 0 Å². The summed E-state index contributed by atoms with van der Waals surface area (Å²) in [4.78, 5) is 25.7. The van der Waals surface area contributed by atoms with Crippen molar-refractivity contribution in [2.24, 2.45) is 11.7 Å². The van der Waals surface area contributed by atoms with Crippen molar-refractivity contribution in [3.05, 3.63) is 23.7 Å². The second-order valence-electron chi connectivity index (χ2n) is 6.98. The number of hydrogen-bond donors (Lipinski definition) is 2. The molecule has 1 aromatic heterocycles. The van der Waals surface area contributed by atoms with Gasteiger partial charge >= 0.3 is 0 Å². The minimum Gasteiger partial charge on any atom is -0.458 e. The van der Waals surface area contributed by atoms with Gasteiger partial charge in [-0.2, -0.15) is 0 Å². The highest BCUT2D eigenvalue weighted by Gasteiger charge is 2.44. The van der Waals surface area contributed by atoms with Crippen molar-refractivity contribution in [2.75, 3.05) is 6.54 Å². The molecule has 2 fully saturated rings. The van der Waals surface area contributed by atoms with Gasteiger partial charge in [0.25, 0.3) is 11.8 Å². The zero-order valence-electron chi connectivity index (χ0n) is 13.5. The third-order valence-electron chi connectivity index (χ3n) is 5.36. The molecular weight excluding hydrogens is 296 g/mol. The Bertz CT molecular complexity index is 607. The Hall–Kier alpha value is -1.82. The van der Waals surface area contributed by atoms with E-state index in [1.807, 2.05) is 11.8 Å². The van der Waals surface area contributed by atoms with E-state index < -0.39 is 11.5 Å². The number of nitrogens with two attached hydrogens (primary N) is 1. The predicted octanol–water partition coefficient (Wildman–Crippen LogP) is 1.92. The summed E-state index contributed by atoms with van der Waals surface area (Å²) in [5.74, 6) is -0.735. The Labute approximate surface area is 135 Å². The maximum Gasteiger partial charge on any atom is 0.284 e. The largest absolute Gasteiger partial charge is 0.458 e. The van der Waals surface area contributed by atoms with E-state index in [0.29, 0.717) is 12.1 Å². The smallest absolute Gasteiger partial charge is 0.284 e.